The Morgan fingerprint density at radius 1 is 0.952 bits per heavy atom. The Balaban J connectivity index is 1.79. The van der Waals surface area contributed by atoms with Gasteiger partial charge in [-0.15, -0.1) is 0 Å². The molecule has 21 heavy (non-hydrogen) atoms. The van der Waals surface area contributed by atoms with Gasteiger partial charge in [0.05, 0.1) is 5.41 Å². The fourth-order valence-electron chi connectivity index (χ4n) is 3.95. The summed E-state index contributed by atoms with van der Waals surface area (Å²) in [6.45, 7) is 0. The highest BCUT2D eigenvalue weighted by Gasteiger charge is 2.56. The van der Waals surface area contributed by atoms with Gasteiger partial charge in [-0.1, -0.05) is 18.2 Å². The number of nitrogens with zero attached hydrogens (tertiary/aromatic N) is 1. The Hall–Kier alpha value is -1.84. The minimum absolute atomic E-state index is 0.146. The molecule has 4 heteroatoms. The summed E-state index contributed by atoms with van der Waals surface area (Å²) in [4.78, 5) is 26.1. The first-order chi connectivity index (χ1) is 9.99. The molecule has 1 N–H and O–H groups in total. The van der Waals surface area contributed by atoms with Crippen LogP contribution in [0.3, 0.4) is 0 Å². The summed E-state index contributed by atoms with van der Waals surface area (Å²) < 4.78 is 0. The lowest BCUT2D eigenvalue weighted by Gasteiger charge is -2.51. The van der Waals surface area contributed by atoms with E-state index in [0.717, 1.165) is 5.69 Å². The normalized spacial score (nSPS) is 30.9. The van der Waals surface area contributed by atoms with Crippen LogP contribution in [0.2, 0.25) is 0 Å². The lowest BCUT2D eigenvalue weighted by atomic mass is 9.53. The minimum Gasteiger partial charge on any atom is -0.481 e. The van der Waals surface area contributed by atoms with Crippen LogP contribution in [0.15, 0.2) is 30.3 Å². The van der Waals surface area contributed by atoms with Crippen LogP contribution >= 0.6 is 0 Å². The number of hydrogen-bond acceptors (Lipinski definition) is 2. The van der Waals surface area contributed by atoms with Crippen LogP contribution < -0.4 is 4.90 Å². The number of aliphatic carboxylic acids is 1. The molecule has 1 aromatic carbocycles. The molecule has 0 heterocycles. The van der Waals surface area contributed by atoms with Crippen molar-refractivity contribution in [3.05, 3.63) is 30.3 Å². The molecule has 0 unspecified atom stereocenters. The van der Waals surface area contributed by atoms with E-state index < -0.39 is 11.4 Å². The smallest absolute Gasteiger partial charge is 0.309 e. The highest BCUT2D eigenvalue weighted by molar-refractivity contribution is 5.97. The van der Waals surface area contributed by atoms with Crippen LogP contribution in [-0.4, -0.2) is 24.0 Å². The summed E-state index contributed by atoms with van der Waals surface area (Å²) >= 11 is 0. The van der Waals surface area contributed by atoms with Crippen molar-refractivity contribution in [3.63, 3.8) is 0 Å². The number of para-hydroxylation sites is 1. The van der Waals surface area contributed by atoms with Gasteiger partial charge in [-0.2, -0.15) is 0 Å². The van der Waals surface area contributed by atoms with E-state index in [9.17, 15) is 14.7 Å². The van der Waals surface area contributed by atoms with Crippen LogP contribution in [0.5, 0.6) is 0 Å². The van der Waals surface area contributed by atoms with Gasteiger partial charge < -0.3 is 10.0 Å². The lowest BCUT2D eigenvalue weighted by Crippen LogP contribution is -2.52. The molecule has 4 nitrogen and oxygen atoms in total. The highest BCUT2D eigenvalue weighted by atomic mass is 16.4. The van der Waals surface area contributed by atoms with Gasteiger partial charge >= 0.3 is 5.97 Å². The van der Waals surface area contributed by atoms with Crippen molar-refractivity contribution in [3.8, 4) is 0 Å². The molecule has 3 fully saturated rings. The summed E-state index contributed by atoms with van der Waals surface area (Å²) in [5.74, 6) is -0.535. The number of amides is 1. The molecule has 1 aromatic rings. The maximum absolute atomic E-state index is 12.9. The number of carboxylic acids is 1. The van der Waals surface area contributed by atoms with Crippen molar-refractivity contribution in [2.45, 2.75) is 38.5 Å². The molecule has 4 rings (SSSR count). The molecule has 3 aliphatic rings. The van der Waals surface area contributed by atoms with Crippen molar-refractivity contribution in [2.24, 2.45) is 10.8 Å². The monoisotopic (exact) mass is 287 g/mol. The van der Waals surface area contributed by atoms with Crippen molar-refractivity contribution in [1.29, 1.82) is 0 Å². The zero-order valence-electron chi connectivity index (χ0n) is 12.3. The minimum atomic E-state index is -0.681. The van der Waals surface area contributed by atoms with E-state index in [0.29, 0.717) is 38.5 Å². The molecule has 2 bridgehead atoms. The molecule has 0 atom stereocenters. The van der Waals surface area contributed by atoms with Crippen molar-refractivity contribution in [1.82, 2.24) is 0 Å². The number of carbonyl (C=O) groups is 2. The van der Waals surface area contributed by atoms with Crippen LogP contribution in [0.4, 0.5) is 5.69 Å². The molecule has 112 valence electrons. The second kappa shape index (κ2) is 4.86. The second-order valence-corrected chi connectivity index (χ2v) is 6.57. The number of fused-ring (bicyclic) bond motifs is 3. The predicted octanol–water partition coefficient (Wildman–Crippen LogP) is 3.07. The molecule has 3 aliphatic carbocycles. The SMILES string of the molecule is CN(C(=O)C12CCC(C(=O)O)(CC1)CC2)c1ccccc1. The molecule has 0 spiro atoms. The summed E-state index contributed by atoms with van der Waals surface area (Å²) in [6, 6.07) is 9.65. The van der Waals surface area contributed by atoms with E-state index in [-0.39, 0.29) is 11.3 Å². The number of anilines is 1. The van der Waals surface area contributed by atoms with E-state index in [1.165, 1.54) is 0 Å². The Morgan fingerprint density at radius 3 is 1.90 bits per heavy atom. The van der Waals surface area contributed by atoms with E-state index in [4.69, 9.17) is 0 Å². The number of hydrogen-bond donors (Lipinski definition) is 1. The molecule has 3 saturated carbocycles. The van der Waals surface area contributed by atoms with E-state index in [1.807, 2.05) is 37.4 Å². The fraction of sp³-hybridized carbons (Fsp3) is 0.529. The Labute approximate surface area is 124 Å². The van der Waals surface area contributed by atoms with Gasteiger partial charge in [-0.25, -0.2) is 0 Å². The first kappa shape index (κ1) is 14.1. The average Bonchev–Trinajstić information content (AvgIpc) is 2.56. The molecular weight excluding hydrogens is 266 g/mol. The van der Waals surface area contributed by atoms with Gasteiger partial charge in [0.2, 0.25) is 5.91 Å². The topological polar surface area (TPSA) is 57.6 Å². The van der Waals surface area contributed by atoms with Gasteiger partial charge in [0.1, 0.15) is 0 Å². The second-order valence-electron chi connectivity index (χ2n) is 6.57. The summed E-state index contributed by atoms with van der Waals surface area (Å²) in [5.41, 5.74) is -0.00712. The Morgan fingerprint density at radius 2 is 1.43 bits per heavy atom. The van der Waals surface area contributed by atoms with Gasteiger partial charge in [-0.3, -0.25) is 9.59 Å². The van der Waals surface area contributed by atoms with Crippen molar-refractivity contribution in [2.75, 3.05) is 11.9 Å². The van der Waals surface area contributed by atoms with E-state index >= 15 is 0 Å². The average molecular weight is 287 g/mol. The number of carbonyl (C=O) groups excluding carboxylic acids is 1. The Bertz CT molecular complexity index is 542. The van der Waals surface area contributed by atoms with Gasteiger partial charge in [-0.05, 0) is 50.7 Å². The first-order valence-electron chi connectivity index (χ1n) is 7.56. The van der Waals surface area contributed by atoms with Gasteiger partial charge in [0.15, 0.2) is 0 Å². The maximum Gasteiger partial charge on any atom is 0.309 e. The third kappa shape index (κ3) is 2.13. The number of benzene rings is 1. The van der Waals surface area contributed by atoms with Crippen LogP contribution in [0.25, 0.3) is 0 Å². The summed E-state index contributed by atoms with van der Waals surface area (Å²) in [5, 5.41) is 9.43. The molecular formula is C17H21NO3. The number of rotatable bonds is 3. The third-order valence-electron chi connectivity index (χ3n) is 5.60. The molecule has 0 aliphatic heterocycles. The van der Waals surface area contributed by atoms with Crippen LogP contribution in [-0.2, 0) is 9.59 Å². The predicted molar refractivity (Wildman–Crippen MR) is 80.1 cm³/mol. The van der Waals surface area contributed by atoms with Crippen LogP contribution in [0, 0.1) is 10.8 Å². The van der Waals surface area contributed by atoms with E-state index in [2.05, 4.69) is 0 Å². The van der Waals surface area contributed by atoms with Gasteiger partial charge in [0.25, 0.3) is 0 Å². The molecule has 1 amide bonds. The van der Waals surface area contributed by atoms with Crippen molar-refractivity contribution >= 4 is 17.6 Å². The van der Waals surface area contributed by atoms with Crippen LogP contribution in [0.1, 0.15) is 38.5 Å². The largest absolute Gasteiger partial charge is 0.481 e. The zero-order valence-corrected chi connectivity index (χ0v) is 12.3. The van der Waals surface area contributed by atoms with Gasteiger partial charge in [0, 0.05) is 18.2 Å². The molecule has 0 aromatic heterocycles. The summed E-state index contributed by atoms with van der Waals surface area (Å²) in [6.07, 6.45) is 4.02. The van der Waals surface area contributed by atoms with Crippen molar-refractivity contribution < 1.29 is 14.7 Å². The molecule has 0 saturated heterocycles. The zero-order chi connectivity index (χ0) is 15.1. The standard InChI is InChI=1S/C17H21NO3/c1-18(13-5-3-2-4-6-13)14(19)16-7-10-17(11-8-16,12-9-16)15(20)21/h2-6H,7-12H2,1H3,(H,20,21). The third-order valence-corrected chi connectivity index (χ3v) is 5.60. The fourth-order valence-corrected chi connectivity index (χ4v) is 3.95. The number of carboxylic acid groups (broad SMARTS) is 1. The Kier molecular flexibility index (Phi) is 3.27. The van der Waals surface area contributed by atoms with E-state index in [1.54, 1.807) is 4.90 Å². The summed E-state index contributed by atoms with van der Waals surface area (Å²) in [7, 11) is 1.82. The highest BCUT2D eigenvalue weighted by Crippen LogP contribution is 2.57. The quantitative estimate of drug-likeness (QED) is 0.929. The first-order valence-corrected chi connectivity index (χ1v) is 7.56. The molecule has 0 radical (unpaired) electrons. The lowest BCUT2D eigenvalue weighted by molar-refractivity contribution is -0.162. The maximum atomic E-state index is 12.9.